The molecule has 0 unspecified atom stereocenters. The Balaban J connectivity index is 2.71. The van der Waals surface area contributed by atoms with Crippen molar-refractivity contribution >= 4 is 28.2 Å². The SMILES string of the molecule is N#CCCCOc1ccc(Br)cc1C=NNC(N)=O. The van der Waals surface area contributed by atoms with E-state index >= 15 is 0 Å². The first kappa shape index (κ1) is 15.0. The molecule has 1 aromatic rings. The number of ether oxygens (including phenoxy) is 1. The lowest BCUT2D eigenvalue weighted by Crippen LogP contribution is -2.24. The second kappa shape index (κ2) is 8.11. The Kier molecular flexibility index (Phi) is 6.39. The molecule has 0 aliphatic carbocycles. The minimum absolute atomic E-state index is 0.444. The molecule has 0 radical (unpaired) electrons. The van der Waals surface area contributed by atoms with Crippen LogP contribution in [0.1, 0.15) is 18.4 Å². The topological polar surface area (TPSA) is 100 Å². The van der Waals surface area contributed by atoms with Crippen LogP contribution in [0.5, 0.6) is 5.75 Å². The number of nitrogens with zero attached hydrogens (tertiary/aromatic N) is 2. The van der Waals surface area contributed by atoms with Crippen LogP contribution in [0.2, 0.25) is 0 Å². The standard InChI is InChI=1S/C12H13BrN4O2/c13-10-3-4-11(19-6-2-1-5-14)9(7-10)8-16-17-12(15)18/h3-4,7-8H,1-2,6H2,(H3,15,17,18). The van der Waals surface area contributed by atoms with E-state index in [0.717, 1.165) is 4.47 Å². The molecule has 0 spiro atoms. The molecule has 2 amide bonds. The van der Waals surface area contributed by atoms with E-state index in [9.17, 15) is 4.79 Å². The van der Waals surface area contributed by atoms with Gasteiger partial charge >= 0.3 is 6.03 Å². The molecule has 3 N–H and O–H groups in total. The van der Waals surface area contributed by atoms with Crippen LogP contribution in [0, 0.1) is 11.3 Å². The Morgan fingerprint density at radius 3 is 3.11 bits per heavy atom. The maximum atomic E-state index is 10.5. The highest BCUT2D eigenvalue weighted by Gasteiger charge is 2.03. The van der Waals surface area contributed by atoms with Crippen LogP contribution < -0.4 is 15.9 Å². The van der Waals surface area contributed by atoms with E-state index in [-0.39, 0.29) is 0 Å². The molecule has 100 valence electrons. The van der Waals surface area contributed by atoms with Crippen molar-refractivity contribution in [2.75, 3.05) is 6.61 Å². The zero-order valence-electron chi connectivity index (χ0n) is 10.1. The highest BCUT2D eigenvalue weighted by molar-refractivity contribution is 9.10. The van der Waals surface area contributed by atoms with Gasteiger partial charge in [-0.2, -0.15) is 10.4 Å². The molecule has 0 fully saturated rings. The van der Waals surface area contributed by atoms with Crippen molar-refractivity contribution in [2.24, 2.45) is 10.8 Å². The number of hydrogen-bond acceptors (Lipinski definition) is 4. The first-order chi connectivity index (χ1) is 9.13. The minimum Gasteiger partial charge on any atom is -0.493 e. The largest absolute Gasteiger partial charge is 0.493 e. The molecule has 19 heavy (non-hydrogen) atoms. The Hall–Kier alpha value is -2.07. The third kappa shape index (κ3) is 5.88. The summed E-state index contributed by atoms with van der Waals surface area (Å²) < 4.78 is 6.40. The Labute approximate surface area is 119 Å². The molecule has 0 aliphatic heterocycles. The van der Waals surface area contributed by atoms with Crippen LogP contribution in [0.3, 0.4) is 0 Å². The Morgan fingerprint density at radius 1 is 1.63 bits per heavy atom. The van der Waals surface area contributed by atoms with E-state index in [2.05, 4.69) is 26.5 Å². The van der Waals surface area contributed by atoms with Gasteiger partial charge < -0.3 is 10.5 Å². The summed E-state index contributed by atoms with van der Waals surface area (Å²) in [5.41, 5.74) is 7.71. The number of hydrazone groups is 1. The summed E-state index contributed by atoms with van der Waals surface area (Å²) >= 11 is 3.34. The van der Waals surface area contributed by atoms with Gasteiger partial charge in [0.05, 0.1) is 18.9 Å². The van der Waals surface area contributed by atoms with Gasteiger partial charge in [-0.15, -0.1) is 0 Å². The number of unbranched alkanes of at least 4 members (excludes halogenated alkanes) is 1. The Bertz CT molecular complexity index is 511. The molecule has 0 saturated heterocycles. The maximum absolute atomic E-state index is 10.5. The average molecular weight is 325 g/mol. The van der Waals surface area contributed by atoms with Gasteiger partial charge in [-0.3, -0.25) is 0 Å². The molecule has 0 saturated carbocycles. The van der Waals surface area contributed by atoms with Crippen molar-refractivity contribution < 1.29 is 9.53 Å². The summed E-state index contributed by atoms with van der Waals surface area (Å²) in [6.07, 6.45) is 2.54. The van der Waals surface area contributed by atoms with Crippen LogP contribution >= 0.6 is 15.9 Å². The number of nitrogens with one attached hydrogen (secondary N) is 1. The van der Waals surface area contributed by atoms with Crippen LogP contribution in [-0.2, 0) is 0 Å². The maximum Gasteiger partial charge on any atom is 0.332 e. The summed E-state index contributed by atoms with van der Waals surface area (Å²) in [7, 11) is 0. The van der Waals surface area contributed by atoms with Gasteiger partial charge in [0.15, 0.2) is 0 Å². The molecule has 7 heteroatoms. The van der Waals surface area contributed by atoms with Gasteiger partial charge in [0.1, 0.15) is 5.75 Å². The van der Waals surface area contributed by atoms with Crippen molar-refractivity contribution in [3.63, 3.8) is 0 Å². The summed E-state index contributed by atoms with van der Waals surface area (Å²) in [4.78, 5) is 10.5. The van der Waals surface area contributed by atoms with Crippen LogP contribution in [0.25, 0.3) is 0 Å². The first-order valence-electron chi connectivity index (χ1n) is 5.51. The second-order valence-corrected chi connectivity index (χ2v) is 4.44. The van der Waals surface area contributed by atoms with Gasteiger partial charge in [0.25, 0.3) is 0 Å². The van der Waals surface area contributed by atoms with E-state index in [1.54, 1.807) is 12.1 Å². The van der Waals surface area contributed by atoms with Gasteiger partial charge in [-0.1, -0.05) is 15.9 Å². The van der Waals surface area contributed by atoms with Gasteiger partial charge in [-0.05, 0) is 24.6 Å². The summed E-state index contributed by atoms with van der Waals surface area (Å²) in [5.74, 6) is 0.621. The van der Waals surface area contributed by atoms with Crippen LogP contribution in [0.15, 0.2) is 27.8 Å². The number of amides is 2. The average Bonchev–Trinajstić information content (AvgIpc) is 2.36. The summed E-state index contributed by atoms with van der Waals surface area (Å²) in [5, 5.41) is 12.1. The normalized spacial score (nSPS) is 10.1. The number of halogens is 1. The van der Waals surface area contributed by atoms with Crippen molar-refractivity contribution in [1.29, 1.82) is 5.26 Å². The van der Waals surface area contributed by atoms with Crippen molar-refractivity contribution in [3.05, 3.63) is 28.2 Å². The molecular weight excluding hydrogens is 312 g/mol. The minimum atomic E-state index is -0.734. The molecule has 0 bridgehead atoms. The van der Waals surface area contributed by atoms with Crippen LogP contribution in [-0.4, -0.2) is 18.9 Å². The highest BCUT2D eigenvalue weighted by atomic mass is 79.9. The number of carbonyl (C=O) groups is 1. The van der Waals surface area contributed by atoms with Gasteiger partial charge in [0.2, 0.25) is 0 Å². The lowest BCUT2D eigenvalue weighted by molar-refractivity contribution is 0.249. The first-order valence-corrected chi connectivity index (χ1v) is 6.30. The van der Waals surface area contributed by atoms with E-state index in [1.165, 1.54) is 6.21 Å². The fraction of sp³-hybridized carbons (Fsp3) is 0.250. The zero-order chi connectivity index (χ0) is 14.1. The molecule has 0 aliphatic rings. The molecule has 6 nitrogen and oxygen atoms in total. The monoisotopic (exact) mass is 324 g/mol. The number of urea groups is 1. The Morgan fingerprint density at radius 2 is 2.42 bits per heavy atom. The number of hydrogen-bond donors (Lipinski definition) is 2. The van der Waals surface area contributed by atoms with Gasteiger partial charge in [0, 0.05) is 16.5 Å². The number of nitriles is 1. The molecular formula is C12H13BrN4O2. The third-order valence-electron chi connectivity index (χ3n) is 2.04. The second-order valence-electron chi connectivity index (χ2n) is 3.53. The number of primary amides is 1. The van der Waals surface area contributed by atoms with Crippen LogP contribution in [0.4, 0.5) is 4.79 Å². The van der Waals surface area contributed by atoms with E-state index < -0.39 is 6.03 Å². The smallest absolute Gasteiger partial charge is 0.332 e. The zero-order valence-corrected chi connectivity index (χ0v) is 11.7. The number of rotatable bonds is 6. The van der Waals surface area contributed by atoms with E-state index in [1.807, 2.05) is 12.1 Å². The fourth-order valence-electron chi connectivity index (χ4n) is 1.25. The number of benzene rings is 1. The summed E-state index contributed by atoms with van der Waals surface area (Å²) in [6, 6.07) is 6.72. The van der Waals surface area contributed by atoms with Crippen molar-refractivity contribution in [2.45, 2.75) is 12.8 Å². The lowest BCUT2D eigenvalue weighted by Gasteiger charge is -2.08. The number of nitrogens with two attached hydrogens (primary N) is 1. The quantitative estimate of drug-likeness (QED) is 0.476. The number of carbonyl (C=O) groups excluding carboxylic acids is 1. The predicted molar refractivity (Wildman–Crippen MR) is 74.8 cm³/mol. The van der Waals surface area contributed by atoms with E-state index in [0.29, 0.717) is 30.8 Å². The highest BCUT2D eigenvalue weighted by Crippen LogP contribution is 2.22. The fourth-order valence-corrected chi connectivity index (χ4v) is 1.63. The molecule has 1 rings (SSSR count). The van der Waals surface area contributed by atoms with Gasteiger partial charge in [-0.25, -0.2) is 10.2 Å². The molecule has 1 aromatic carbocycles. The lowest BCUT2D eigenvalue weighted by atomic mass is 10.2. The predicted octanol–water partition coefficient (Wildman–Crippen LogP) is 2.13. The summed E-state index contributed by atoms with van der Waals surface area (Å²) in [6.45, 7) is 0.444. The molecule has 0 atom stereocenters. The van der Waals surface area contributed by atoms with Crippen molar-refractivity contribution in [3.8, 4) is 11.8 Å². The molecule has 0 heterocycles. The molecule has 0 aromatic heterocycles. The third-order valence-corrected chi connectivity index (χ3v) is 2.53. The van der Waals surface area contributed by atoms with Crippen molar-refractivity contribution in [1.82, 2.24) is 5.43 Å². The van der Waals surface area contributed by atoms with E-state index in [4.69, 9.17) is 15.7 Å².